The number of carbonyl (C=O) groups is 3. The molecule has 1 saturated heterocycles. The molecular weight excluding hydrogens is 536 g/mol. The topological polar surface area (TPSA) is 125 Å². The minimum atomic E-state index is -2.29. The van der Waals surface area contributed by atoms with Crippen molar-refractivity contribution in [2.75, 3.05) is 6.61 Å². The number of ether oxygens (including phenoxy) is 3. The second-order valence-corrected chi connectivity index (χ2v) is 13.6. The summed E-state index contributed by atoms with van der Waals surface area (Å²) in [5.74, 6) is -3.06. The van der Waals surface area contributed by atoms with Crippen molar-refractivity contribution in [3.8, 4) is 0 Å². The van der Waals surface area contributed by atoms with Crippen molar-refractivity contribution >= 4 is 17.5 Å². The quantitative estimate of drug-likeness (QED) is 0.418. The average Bonchev–Trinajstić information content (AvgIpc) is 3.37. The molecule has 3 saturated carbocycles. The zero-order valence-electron chi connectivity index (χ0n) is 24.5. The van der Waals surface area contributed by atoms with Gasteiger partial charge in [-0.2, -0.15) is 0 Å². The summed E-state index contributed by atoms with van der Waals surface area (Å²) in [6.07, 6.45) is 0.550. The summed E-state index contributed by atoms with van der Waals surface area (Å²) in [4.78, 5) is 38.8. The molecule has 228 valence electrons. The van der Waals surface area contributed by atoms with Crippen LogP contribution >= 0.6 is 0 Å². The Bertz CT molecular complexity index is 1170. The van der Waals surface area contributed by atoms with Gasteiger partial charge in [-0.05, 0) is 68.6 Å². The molecule has 11 atom stereocenters. The van der Waals surface area contributed by atoms with E-state index in [1.165, 1.54) is 19.1 Å². The second-order valence-electron chi connectivity index (χ2n) is 13.6. The number of alkyl halides is 2. The minimum Gasteiger partial charge on any atom is -0.456 e. The Labute approximate surface area is 240 Å². The highest BCUT2D eigenvalue weighted by atomic mass is 19.1. The van der Waals surface area contributed by atoms with Gasteiger partial charge < -0.3 is 25.1 Å². The SMILES string of the molecule is CCCC1O[C@@H]2C[C@H]3[C@@H]4C[C@H](F)C5=CC(=O)C=C[C@]5(C)[C@@]4(F)[C@@H](O)C[C@]3(C)[C@]2(C(=O)COC(=O)[C@@H](N)CC(C)C)O1. The van der Waals surface area contributed by atoms with Crippen molar-refractivity contribution in [3.63, 3.8) is 0 Å². The molecule has 0 aromatic heterocycles. The fraction of sp³-hybridized carbons (Fsp3) is 0.774. The van der Waals surface area contributed by atoms with Crippen molar-refractivity contribution in [2.45, 2.75) is 115 Å². The molecule has 3 N–H and O–H groups in total. The number of carbonyl (C=O) groups excluding carboxylic acids is 3. The number of hydrogen-bond donors (Lipinski definition) is 2. The number of nitrogens with two attached hydrogens (primary N) is 1. The molecule has 41 heavy (non-hydrogen) atoms. The Morgan fingerprint density at radius 2 is 1.95 bits per heavy atom. The van der Waals surface area contributed by atoms with Crippen LogP contribution in [0.4, 0.5) is 8.78 Å². The number of aliphatic hydroxyl groups is 1. The molecule has 1 unspecified atom stereocenters. The maximum absolute atomic E-state index is 17.5. The number of halogens is 2. The smallest absolute Gasteiger partial charge is 0.323 e. The van der Waals surface area contributed by atoms with Crippen LogP contribution in [0.1, 0.15) is 73.1 Å². The van der Waals surface area contributed by atoms with E-state index in [0.29, 0.717) is 12.8 Å². The van der Waals surface area contributed by atoms with Crippen molar-refractivity contribution in [1.82, 2.24) is 0 Å². The number of fused-ring (bicyclic) bond motifs is 7. The van der Waals surface area contributed by atoms with Crippen LogP contribution in [0, 0.1) is 28.6 Å². The number of ketones is 2. The van der Waals surface area contributed by atoms with E-state index in [0.717, 1.165) is 12.5 Å². The molecule has 0 amide bonds. The highest BCUT2D eigenvalue weighted by Gasteiger charge is 2.80. The van der Waals surface area contributed by atoms with E-state index >= 15 is 8.78 Å². The van der Waals surface area contributed by atoms with Gasteiger partial charge in [-0.3, -0.25) is 14.4 Å². The largest absolute Gasteiger partial charge is 0.456 e. The van der Waals surface area contributed by atoms with Crippen LogP contribution < -0.4 is 5.73 Å². The lowest BCUT2D eigenvalue weighted by Crippen LogP contribution is -2.71. The highest BCUT2D eigenvalue weighted by molar-refractivity contribution is 6.01. The molecular formula is C31H43F2NO7. The summed E-state index contributed by atoms with van der Waals surface area (Å²) >= 11 is 0. The third kappa shape index (κ3) is 4.22. The van der Waals surface area contributed by atoms with Crippen molar-refractivity contribution < 1.29 is 42.5 Å². The Kier molecular flexibility index (Phi) is 7.66. The molecule has 1 aliphatic heterocycles. The first-order valence-electron chi connectivity index (χ1n) is 14.9. The van der Waals surface area contributed by atoms with Gasteiger partial charge in [-0.25, -0.2) is 8.78 Å². The first-order chi connectivity index (χ1) is 19.2. The molecule has 1 heterocycles. The van der Waals surface area contributed by atoms with Crippen molar-refractivity contribution in [2.24, 2.45) is 34.3 Å². The van der Waals surface area contributed by atoms with Crippen LogP contribution in [-0.4, -0.2) is 71.2 Å². The zero-order valence-corrected chi connectivity index (χ0v) is 24.5. The second kappa shape index (κ2) is 10.3. The lowest BCUT2D eigenvalue weighted by molar-refractivity contribution is -0.235. The minimum absolute atomic E-state index is 0.0375. The third-order valence-electron chi connectivity index (χ3n) is 10.7. The van der Waals surface area contributed by atoms with Gasteiger partial charge in [-0.1, -0.05) is 40.2 Å². The summed E-state index contributed by atoms with van der Waals surface area (Å²) < 4.78 is 51.4. The van der Waals surface area contributed by atoms with Crippen LogP contribution in [0.15, 0.2) is 23.8 Å². The van der Waals surface area contributed by atoms with Crippen LogP contribution in [0.25, 0.3) is 0 Å². The highest BCUT2D eigenvalue weighted by Crippen LogP contribution is 2.72. The average molecular weight is 580 g/mol. The van der Waals surface area contributed by atoms with Crippen LogP contribution in [-0.2, 0) is 28.6 Å². The molecule has 0 bridgehead atoms. The van der Waals surface area contributed by atoms with Crippen molar-refractivity contribution in [3.05, 3.63) is 23.8 Å². The Balaban J connectivity index is 1.51. The number of rotatable bonds is 8. The van der Waals surface area contributed by atoms with E-state index in [1.807, 2.05) is 20.8 Å². The molecule has 0 aromatic carbocycles. The van der Waals surface area contributed by atoms with Gasteiger partial charge in [0.1, 0.15) is 12.2 Å². The number of allylic oxidation sites excluding steroid dienone is 4. The normalized spacial score (nSPS) is 45.4. The van der Waals surface area contributed by atoms with E-state index in [9.17, 15) is 19.5 Å². The van der Waals surface area contributed by atoms with Gasteiger partial charge in [0.15, 0.2) is 29.9 Å². The van der Waals surface area contributed by atoms with E-state index in [1.54, 1.807) is 6.92 Å². The van der Waals surface area contributed by atoms with Gasteiger partial charge >= 0.3 is 5.97 Å². The molecule has 5 rings (SSSR count). The van der Waals surface area contributed by atoms with Crippen molar-refractivity contribution in [1.29, 1.82) is 0 Å². The van der Waals surface area contributed by atoms with E-state index in [4.69, 9.17) is 19.9 Å². The summed E-state index contributed by atoms with van der Waals surface area (Å²) in [6.45, 7) is 8.51. The molecule has 5 aliphatic rings. The summed E-state index contributed by atoms with van der Waals surface area (Å²) in [7, 11) is 0. The van der Waals surface area contributed by atoms with E-state index < -0.39 is 88.8 Å². The Morgan fingerprint density at radius 3 is 2.61 bits per heavy atom. The van der Waals surface area contributed by atoms with Crippen LogP contribution in [0.5, 0.6) is 0 Å². The number of aliphatic hydroxyl groups excluding tert-OH is 1. The first-order valence-corrected chi connectivity index (χ1v) is 14.9. The van der Waals surface area contributed by atoms with E-state index in [2.05, 4.69) is 0 Å². The van der Waals surface area contributed by atoms with Crippen LogP contribution in [0.2, 0.25) is 0 Å². The monoisotopic (exact) mass is 579 g/mol. The molecule has 4 aliphatic carbocycles. The number of esters is 1. The predicted molar refractivity (Wildman–Crippen MR) is 145 cm³/mol. The zero-order chi connectivity index (χ0) is 30.1. The maximum atomic E-state index is 17.5. The van der Waals surface area contributed by atoms with Gasteiger partial charge in [0.05, 0.1) is 12.2 Å². The Morgan fingerprint density at radius 1 is 1.24 bits per heavy atom. The third-order valence-corrected chi connectivity index (χ3v) is 10.7. The van der Waals surface area contributed by atoms with Gasteiger partial charge in [0, 0.05) is 16.7 Å². The molecule has 0 spiro atoms. The Hall–Kier alpha value is -2.01. The van der Waals surface area contributed by atoms with E-state index in [-0.39, 0.29) is 30.8 Å². The summed E-state index contributed by atoms with van der Waals surface area (Å²) in [5.41, 5.74) is -0.582. The molecule has 4 fully saturated rings. The predicted octanol–water partition coefficient (Wildman–Crippen LogP) is 3.68. The van der Waals surface area contributed by atoms with Gasteiger partial charge in [0.25, 0.3) is 0 Å². The first kappa shape index (κ1) is 30.4. The number of hydrogen-bond acceptors (Lipinski definition) is 8. The summed E-state index contributed by atoms with van der Waals surface area (Å²) in [5, 5.41) is 11.6. The molecule has 0 radical (unpaired) electrons. The van der Waals surface area contributed by atoms with Gasteiger partial charge in [0.2, 0.25) is 5.78 Å². The number of Topliss-reactive ketones (excluding diaryl/α,β-unsaturated/α-hetero) is 1. The summed E-state index contributed by atoms with van der Waals surface area (Å²) in [6, 6.07) is -0.887. The molecule has 0 aromatic rings. The lowest BCUT2D eigenvalue weighted by atomic mass is 9.44. The standard InChI is InChI=1S/C31H43F2NO7/c1-6-7-26-40-25-13-18-19-12-21(32)20-11-17(35)8-9-28(20,4)30(19,33)23(36)14-29(18,5)31(25,41-26)24(37)15-39-27(38)22(34)10-16(2)3/h8-9,11,16,18-19,21-23,25-26,36H,6-7,10,12-15,34H2,1-5H3/t18-,19-,21-,22-,23-,25+,26?,28-,29-,30-,31+/m0/s1. The molecule has 10 heteroatoms. The maximum Gasteiger partial charge on any atom is 0.323 e. The van der Waals surface area contributed by atoms with Crippen LogP contribution in [0.3, 0.4) is 0 Å². The van der Waals surface area contributed by atoms with Gasteiger partial charge in [-0.15, -0.1) is 0 Å². The fourth-order valence-corrected chi connectivity index (χ4v) is 8.84. The molecule has 8 nitrogen and oxygen atoms in total. The fourth-order valence-electron chi connectivity index (χ4n) is 8.84. The lowest BCUT2D eigenvalue weighted by Gasteiger charge is -2.63.